The molecule has 0 spiro atoms. The van der Waals surface area contributed by atoms with Gasteiger partial charge in [-0.2, -0.15) is 12.6 Å². The van der Waals surface area contributed by atoms with Gasteiger partial charge in [0.05, 0.1) is 6.10 Å². The summed E-state index contributed by atoms with van der Waals surface area (Å²) in [5, 5.41) is 9.03. The number of rotatable bonds is 4. The molecule has 1 N–H and O–H groups in total. The predicted molar refractivity (Wildman–Crippen MR) is 43.9 cm³/mol. The normalized spacial score (nSPS) is 14.3. The largest absolute Gasteiger partial charge is 0.392 e. The first kappa shape index (κ1) is 9.31. The zero-order valence-corrected chi connectivity index (χ0v) is 7.06. The summed E-state index contributed by atoms with van der Waals surface area (Å²) in [7, 11) is 0. The maximum Gasteiger partial charge on any atom is 0.0628 e. The first-order chi connectivity index (χ1) is 4.16. The molecule has 0 aliphatic carbocycles. The van der Waals surface area contributed by atoms with Gasteiger partial charge >= 0.3 is 0 Å². The van der Waals surface area contributed by atoms with E-state index in [4.69, 9.17) is 5.11 Å². The van der Waals surface area contributed by atoms with Crippen LogP contribution in [0.2, 0.25) is 0 Å². The van der Waals surface area contributed by atoms with Crippen molar-refractivity contribution in [2.75, 3.05) is 5.75 Å². The molecule has 0 aromatic heterocycles. The molecule has 9 heavy (non-hydrogen) atoms. The van der Waals surface area contributed by atoms with Crippen LogP contribution in [0, 0.1) is 5.92 Å². The first-order valence-electron chi connectivity index (χ1n) is 3.45. The molecule has 0 heterocycles. The van der Waals surface area contributed by atoms with Gasteiger partial charge in [0.2, 0.25) is 0 Å². The number of aliphatic hydroxyl groups excluding tert-OH is 1. The third-order valence-corrected chi connectivity index (χ3v) is 1.71. The van der Waals surface area contributed by atoms with E-state index in [1.165, 1.54) is 0 Å². The summed E-state index contributed by atoms with van der Waals surface area (Å²) in [6, 6.07) is 0. The molecule has 0 fully saturated rings. The van der Waals surface area contributed by atoms with Crippen LogP contribution in [0.4, 0.5) is 0 Å². The zero-order valence-electron chi connectivity index (χ0n) is 6.17. The predicted octanol–water partition coefficient (Wildman–Crippen LogP) is 1.71. The molecule has 0 saturated heterocycles. The van der Waals surface area contributed by atoms with Gasteiger partial charge in [0.1, 0.15) is 0 Å². The van der Waals surface area contributed by atoms with Gasteiger partial charge in [-0.05, 0) is 18.8 Å². The molecule has 1 nitrogen and oxygen atoms in total. The summed E-state index contributed by atoms with van der Waals surface area (Å²) < 4.78 is 0. The molecule has 0 aliphatic rings. The van der Waals surface area contributed by atoms with Crippen LogP contribution in [0.1, 0.15) is 26.7 Å². The van der Waals surface area contributed by atoms with Gasteiger partial charge in [-0.3, -0.25) is 0 Å². The lowest BCUT2D eigenvalue weighted by molar-refractivity contribution is 0.181. The average Bonchev–Trinajstić information content (AvgIpc) is 1.83. The van der Waals surface area contributed by atoms with Crippen LogP contribution in [0.15, 0.2) is 0 Å². The highest BCUT2D eigenvalue weighted by atomic mass is 32.1. The zero-order chi connectivity index (χ0) is 7.28. The topological polar surface area (TPSA) is 20.2 Å². The second kappa shape index (κ2) is 5.12. The highest BCUT2D eigenvalue weighted by Gasteiger charge is 2.01. The molecule has 0 radical (unpaired) electrons. The van der Waals surface area contributed by atoms with Crippen molar-refractivity contribution in [1.29, 1.82) is 0 Å². The summed E-state index contributed by atoms with van der Waals surface area (Å²) in [4.78, 5) is 0. The van der Waals surface area contributed by atoms with E-state index in [0.717, 1.165) is 12.8 Å². The molecule has 0 aliphatic heterocycles. The third-order valence-electron chi connectivity index (χ3n) is 1.29. The molecule has 0 bridgehead atoms. The molecule has 0 rings (SSSR count). The first-order valence-corrected chi connectivity index (χ1v) is 4.09. The Bertz CT molecular complexity index is 63.9. The number of hydrogen-bond donors (Lipinski definition) is 2. The lowest BCUT2D eigenvalue weighted by atomic mass is 10.1. The maximum absolute atomic E-state index is 9.03. The van der Waals surface area contributed by atoms with Gasteiger partial charge in [-0.25, -0.2) is 0 Å². The molecule has 0 saturated carbocycles. The molecule has 2 heteroatoms. The van der Waals surface area contributed by atoms with Crippen molar-refractivity contribution in [1.82, 2.24) is 0 Å². The lowest BCUT2D eigenvalue weighted by Gasteiger charge is -2.07. The third kappa shape index (κ3) is 6.19. The van der Waals surface area contributed by atoms with Crippen molar-refractivity contribution in [3.8, 4) is 0 Å². The van der Waals surface area contributed by atoms with E-state index in [2.05, 4.69) is 26.5 Å². The van der Waals surface area contributed by atoms with Crippen LogP contribution >= 0.6 is 12.6 Å². The SMILES string of the molecule is CC(C)CCC(O)CS. The van der Waals surface area contributed by atoms with E-state index >= 15 is 0 Å². The Morgan fingerprint density at radius 2 is 1.89 bits per heavy atom. The molecule has 0 aromatic carbocycles. The Morgan fingerprint density at radius 3 is 2.22 bits per heavy atom. The standard InChI is InChI=1S/C7H16OS/c1-6(2)3-4-7(8)5-9/h6-9H,3-5H2,1-2H3. The smallest absolute Gasteiger partial charge is 0.0628 e. The van der Waals surface area contributed by atoms with Crippen molar-refractivity contribution < 1.29 is 5.11 Å². The van der Waals surface area contributed by atoms with E-state index < -0.39 is 0 Å². The Kier molecular flexibility index (Phi) is 5.30. The number of hydrogen-bond acceptors (Lipinski definition) is 2. The molecule has 0 aromatic rings. The average molecular weight is 148 g/mol. The monoisotopic (exact) mass is 148 g/mol. The number of aliphatic hydroxyl groups is 1. The fourth-order valence-corrected chi connectivity index (χ4v) is 0.800. The minimum absolute atomic E-state index is 0.198. The summed E-state index contributed by atoms with van der Waals surface area (Å²) in [6.07, 6.45) is 1.79. The second-order valence-electron chi connectivity index (χ2n) is 2.81. The second-order valence-corrected chi connectivity index (χ2v) is 3.17. The van der Waals surface area contributed by atoms with Crippen LogP contribution in [-0.2, 0) is 0 Å². The summed E-state index contributed by atoms with van der Waals surface area (Å²) in [5.74, 6) is 1.28. The van der Waals surface area contributed by atoms with E-state index in [-0.39, 0.29) is 6.10 Å². The molecule has 0 amide bonds. The van der Waals surface area contributed by atoms with Crippen molar-refractivity contribution in [2.45, 2.75) is 32.8 Å². The molecule has 1 unspecified atom stereocenters. The van der Waals surface area contributed by atoms with Crippen LogP contribution in [0.25, 0.3) is 0 Å². The highest BCUT2D eigenvalue weighted by molar-refractivity contribution is 7.80. The van der Waals surface area contributed by atoms with Gasteiger partial charge in [-0.15, -0.1) is 0 Å². The van der Waals surface area contributed by atoms with Crippen LogP contribution in [0.5, 0.6) is 0 Å². The molecule has 56 valence electrons. The van der Waals surface area contributed by atoms with Gasteiger partial charge in [0.15, 0.2) is 0 Å². The van der Waals surface area contributed by atoms with E-state index in [1.54, 1.807) is 0 Å². The van der Waals surface area contributed by atoms with Crippen LogP contribution < -0.4 is 0 Å². The Hall–Kier alpha value is 0.310. The van der Waals surface area contributed by atoms with Gasteiger partial charge < -0.3 is 5.11 Å². The van der Waals surface area contributed by atoms with Crippen molar-refractivity contribution in [2.24, 2.45) is 5.92 Å². The molecule has 1 atom stereocenters. The van der Waals surface area contributed by atoms with E-state index in [0.29, 0.717) is 11.7 Å². The Morgan fingerprint density at radius 1 is 1.33 bits per heavy atom. The minimum atomic E-state index is -0.198. The summed E-state index contributed by atoms with van der Waals surface area (Å²) in [5.41, 5.74) is 0. The van der Waals surface area contributed by atoms with Gasteiger partial charge in [-0.1, -0.05) is 13.8 Å². The van der Waals surface area contributed by atoms with Crippen LogP contribution in [-0.4, -0.2) is 17.0 Å². The van der Waals surface area contributed by atoms with Crippen LogP contribution in [0.3, 0.4) is 0 Å². The Balaban J connectivity index is 3.06. The van der Waals surface area contributed by atoms with E-state index in [1.807, 2.05) is 0 Å². The summed E-state index contributed by atoms with van der Waals surface area (Å²) >= 11 is 3.97. The van der Waals surface area contributed by atoms with Gasteiger partial charge in [0, 0.05) is 5.75 Å². The maximum atomic E-state index is 9.03. The Labute approximate surface area is 62.9 Å². The van der Waals surface area contributed by atoms with Gasteiger partial charge in [0.25, 0.3) is 0 Å². The minimum Gasteiger partial charge on any atom is -0.392 e. The molecular formula is C7H16OS. The van der Waals surface area contributed by atoms with Crippen molar-refractivity contribution >= 4 is 12.6 Å². The lowest BCUT2D eigenvalue weighted by Crippen LogP contribution is -2.08. The van der Waals surface area contributed by atoms with E-state index in [9.17, 15) is 0 Å². The highest BCUT2D eigenvalue weighted by Crippen LogP contribution is 2.06. The fourth-order valence-electron chi connectivity index (χ4n) is 0.617. The van der Waals surface area contributed by atoms with Crippen molar-refractivity contribution in [3.63, 3.8) is 0 Å². The quantitative estimate of drug-likeness (QED) is 0.582. The fraction of sp³-hybridized carbons (Fsp3) is 1.00. The molecular weight excluding hydrogens is 132 g/mol. The number of thiol groups is 1. The summed E-state index contributed by atoms with van der Waals surface area (Å²) in [6.45, 7) is 4.32. The van der Waals surface area contributed by atoms with Crippen molar-refractivity contribution in [3.05, 3.63) is 0 Å².